The Labute approximate surface area is 138 Å². The van der Waals surface area contributed by atoms with Crippen molar-refractivity contribution in [2.45, 2.75) is 11.8 Å². The van der Waals surface area contributed by atoms with E-state index in [1.54, 1.807) is 18.2 Å². The first-order chi connectivity index (χ1) is 11.4. The summed E-state index contributed by atoms with van der Waals surface area (Å²) >= 11 is 0. The number of ketones is 1. The van der Waals surface area contributed by atoms with E-state index in [1.807, 2.05) is 0 Å². The predicted molar refractivity (Wildman–Crippen MR) is 87.8 cm³/mol. The van der Waals surface area contributed by atoms with Crippen molar-refractivity contribution in [1.82, 2.24) is 0 Å². The number of para-hydroxylation sites is 1. The molecule has 0 radical (unpaired) electrons. The molecule has 0 atom stereocenters. The summed E-state index contributed by atoms with van der Waals surface area (Å²) in [6.45, 7) is 1.25. The first-order valence-electron chi connectivity index (χ1n) is 7.06. The number of hydrogen-bond acceptors (Lipinski definition) is 5. The maximum absolute atomic E-state index is 12.6. The van der Waals surface area contributed by atoms with Crippen molar-refractivity contribution in [2.75, 3.05) is 16.6 Å². The Hall–Kier alpha value is -2.87. The monoisotopic (exact) mass is 346 g/mol. The molecule has 0 unspecified atom stereocenters. The first kappa shape index (κ1) is 16.0. The van der Waals surface area contributed by atoms with E-state index in [1.165, 1.54) is 31.2 Å². The summed E-state index contributed by atoms with van der Waals surface area (Å²) in [6.07, 6.45) is 0. The van der Waals surface area contributed by atoms with Crippen molar-refractivity contribution < 1.29 is 22.7 Å². The van der Waals surface area contributed by atoms with Crippen LogP contribution in [-0.2, 0) is 14.8 Å². The molecule has 3 rings (SSSR count). The highest BCUT2D eigenvalue weighted by Gasteiger charge is 2.22. The van der Waals surface area contributed by atoms with E-state index in [2.05, 4.69) is 10.0 Å². The van der Waals surface area contributed by atoms with E-state index < -0.39 is 10.0 Å². The van der Waals surface area contributed by atoms with Gasteiger partial charge in [-0.1, -0.05) is 12.1 Å². The molecule has 1 aliphatic rings. The molecule has 0 aliphatic carbocycles. The standard InChI is InChI=1S/C16H14N2O5S/c1-10(19)12-4-2-3-5-13(12)18-24(21,22)11-6-7-15-14(8-11)17-16(20)9-23-15/h2-8,18H,9H2,1H3,(H,17,20). The molecular weight excluding hydrogens is 332 g/mol. The second-order valence-corrected chi connectivity index (χ2v) is 6.88. The lowest BCUT2D eigenvalue weighted by molar-refractivity contribution is -0.118. The number of ether oxygens (including phenoxy) is 1. The molecular formula is C16H14N2O5S. The highest BCUT2D eigenvalue weighted by atomic mass is 32.2. The van der Waals surface area contributed by atoms with Gasteiger partial charge in [0, 0.05) is 5.56 Å². The van der Waals surface area contributed by atoms with Crippen molar-refractivity contribution in [2.24, 2.45) is 0 Å². The summed E-state index contributed by atoms with van der Waals surface area (Å²) in [7, 11) is -3.93. The van der Waals surface area contributed by atoms with Crippen LogP contribution in [0.2, 0.25) is 0 Å². The Morgan fingerprint density at radius 1 is 1.21 bits per heavy atom. The SMILES string of the molecule is CC(=O)c1ccccc1NS(=O)(=O)c1ccc2c(c1)NC(=O)CO2. The summed E-state index contributed by atoms with van der Waals surface area (Å²) in [5, 5.41) is 2.56. The fourth-order valence-corrected chi connectivity index (χ4v) is 3.42. The zero-order valence-corrected chi connectivity index (χ0v) is 13.5. The molecule has 0 saturated carbocycles. The Bertz CT molecular complexity index is 937. The van der Waals surface area contributed by atoms with Gasteiger partial charge in [-0.25, -0.2) is 8.42 Å². The van der Waals surface area contributed by atoms with Crippen LogP contribution in [0.25, 0.3) is 0 Å². The molecule has 2 aromatic carbocycles. The van der Waals surface area contributed by atoms with E-state index in [4.69, 9.17) is 4.74 Å². The second kappa shape index (κ2) is 5.97. The number of nitrogens with one attached hydrogen (secondary N) is 2. The van der Waals surface area contributed by atoms with E-state index >= 15 is 0 Å². The number of amides is 1. The molecule has 0 fully saturated rings. The van der Waals surface area contributed by atoms with E-state index in [9.17, 15) is 18.0 Å². The van der Waals surface area contributed by atoms with Gasteiger partial charge in [0.2, 0.25) is 0 Å². The van der Waals surface area contributed by atoms with Gasteiger partial charge in [0.05, 0.1) is 16.3 Å². The van der Waals surface area contributed by atoms with Crippen molar-refractivity contribution in [3.63, 3.8) is 0 Å². The molecule has 8 heteroatoms. The number of carbonyl (C=O) groups is 2. The third kappa shape index (κ3) is 3.09. The Morgan fingerprint density at radius 2 is 1.96 bits per heavy atom. The molecule has 2 N–H and O–H groups in total. The molecule has 1 heterocycles. The maximum atomic E-state index is 12.6. The summed E-state index contributed by atoms with van der Waals surface area (Å²) in [4.78, 5) is 22.9. The molecule has 7 nitrogen and oxygen atoms in total. The van der Waals surface area contributed by atoms with Gasteiger partial charge in [0.15, 0.2) is 12.4 Å². The second-order valence-electron chi connectivity index (χ2n) is 5.20. The van der Waals surface area contributed by atoms with Crippen LogP contribution in [0.5, 0.6) is 5.75 Å². The van der Waals surface area contributed by atoms with Gasteiger partial charge in [0.1, 0.15) is 5.75 Å². The highest BCUT2D eigenvalue weighted by Crippen LogP contribution is 2.31. The predicted octanol–water partition coefficient (Wildman–Crippen LogP) is 2.02. The Kier molecular flexibility index (Phi) is 3.98. The minimum Gasteiger partial charge on any atom is -0.482 e. The lowest BCUT2D eigenvalue weighted by atomic mass is 10.1. The van der Waals surface area contributed by atoms with Gasteiger partial charge in [-0.3, -0.25) is 14.3 Å². The normalized spacial score (nSPS) is 13.5. The zero-order chi connectivity index (χ0) is 17.3. The average Bonchev–Trinajstić information content (AvgIpc) is 2.54. The largest absolute Gasteiger partial charge is 0.482 e. The quantitative estimate of drug-likeness (QED) is 0.825. The number of rotatable bonds is 4. The van der Waals surface area contributed by atoms with Crippen molar-refractivity contribution in [3.05, 3.63) is 48.0 Å². The van der Waals surface area contributed by atoms with Gasteiger partial charge in [-0.15, -0.1) is 0 Å². The Morgan fingerprint density at radius 3 is 2.71 bits per heavy atom. The van der Waals surface area contributed by atoms with Gasteiger partial charge in [-0.2, -0.15) is 0 Å². The summed E-state index contributed by atoms with van der Waals surface area (Å²) in [5.41, 5.74) is 0.757. The molecule has 24 heavy (non-hydrogen) atoms. The van der Waals surface area contributed by atoms with Crippen LogP contribution in [-0.4, -0.2) is 26.7 Å². The molecule has 0 saturated heterocycles. The number of Topliss-reactive ketones (excluding diaryl/α,β-unsaturated/α-hetero) is 1. The molecule has 1 aliphatic heterocycles. The fourth-order valence-electron chi connectivity index (χ4n) is 2.31. The summed E-state index contributed by atoms with van der Waals surface area (Å²) in [6, 6.07) is 10.5. The lowest BCUT2D eigenvalue weighted by Crippen LogP contribution is -2.25. The van der Waals surface area contributed by atoms with Crippen LogP contribution in [0.1, 0.15) is 17.3 Å². The number of carbonyl (C=O) groups excluding carboxylic acids is 2. The summed E-state index contributed by atoms with van der Waals surface area (Å²) in [5.74, 6) is -0.205. The van der Waals surface area contributed by atoms with Crippen LogP contribution in [0.4, 0.5) is 11.4 Å². The maximum Gasteiger partial charge on any atom is 0.262 e. The van der Waals surface area contributed by atoms with Gasteiger partial charge in [-0.05, 0) is 37.3 Å². The minimum absolute atomic E-state index is 0.0506. The Balaban J connectivity index is 1.96. The number of hydrogen-bond donors (Lipinski definition) is 2. The molecule has 124 valence electrons. The smallest absolute Gasteiger partial charge is 0.262 e. The topological polar surface area (TPSA) is 102 Å². The average molecular weight is 346 g/mol. The van der Waals surface area contributed by atoms with Crippen LogP contribution < -0.4 is 14.8 Å². The molecule has 0 aromatic heterocycles. The van der Waals surface area contributed by atoms with Crippen molar-refractivity contribution >= 4 is 33.1 Å². The highest BCUT2D eigenvalue weighted by molar-refractivity contribution is 7.92. The summed E-state index contributed by atoms with van der Waals surface area (Å²) < 4.78 is 32.7. The van der Waals surface area contributed by atoms with Crippen LogP contribution in [0, 0.1) is 0 Å². The molecule has 0 spiro atoms. The van der Waals surface area contributed by atoms with Gasteiger partial charge in [0.25, 0.3) is 15.9 Å². The third-order valence-electron chi connectivity index (χ3n) is 3.44. The minimum atomic E-state index is -3.93. The third-order valence-corrected chi connectivity index (χ3v) is 4.81. The molecule has 0 bridgehead atoms. The molecule has 1 amide bonds. The number of benzene rings is 2. The van der Waals surface area contributed by atoms with E-state index in [-0.39, 0.29) is 40.1 Å². The fraction of sp³-hybridized carbons (Fsp3) is 0.125. The number of sulfonamides is 1. The van der Waals surface area contributed by atoms with Crippen LogP contribution >= 0.6 is 0 Å². The van der Waals surface area contributed by atoms with E-state index in [0.29, 0.717) is 5.75 Å². The molecule has 2 aromatic rings. The van der Waals surface area contributed by atoms with Crippen molar-refractivity contribution in [3.8, 4) is 5.75 Å². The van der Waals surface area contributed by atoms with Gasteiger partial charge < -0.3 is 10.1 Å². The van der Waals surface area contributed by atoms with Gasteiger partial charge >= 0.3 is 0 Å². The number of fused-ring (bicyclic) bond motifs is 1. The lowest BCUT2D eigenvalue weighted by Gasteiger charge is -2.19. The first-order valence-corrected chi connectivity index (χ1v) is 8.54. The van der Waals surface area contributed by atoms with Crippen LogP contribution in [0.15, 0.2) is 47.4 Å². The van der Waals surface area contributed by atoms with Crippen molar-refractivity contribution in [1.29, 1.82) is 0 Å². The van der Waals surface area contributed by atoms with Crippen LogP contribution in [0.3, 0.4) is 0 Å². The van der Waals surface area contributed by atoms with E-state index in [0.717, 1.165) is 0 Å². The number of anilines is 2. The zero-order valence-electron chi connectivity index (χ0n) is 12.7.